The zero-order valence-corrected chi connectivity index (χ0v) is 14.5. The molecule has 21 heavy (non-hydrogen) atoms. The van der Waals surface area contributed by atoms with Crippen molar-refractivity contribution in [2.24, 2.45) is 0 Å². The van der Waals surface area contributed by atoms with Crippen molar-refractivity contribution < 1.29 is 14.3 Å². The van der Waals surface area contributed by atoms with Gasteiger partial charge in [0.1, 0.15) is 5.60 Å². The van der Waals surface area contributed by atoms with Gasteiger partial charge in [-0.1, -0.05) is 28.1 Å². The predicted molar refractivity (Wildman–Crippen MR) is 85.2 cm³/mol. The molecule has 0 saturated carbocycles. The lowest BCUT2D eigenvalue weighted by molar-refractivity contribution is -0.0698. The van der Waals surface area contributed by atoms with E-state index in [1.807, 2.05) is 52.0 Å². The van der Waals surface area contributed by atoms with Gasteiger partial charge in [-0.15, -0.1) is 0 Å². The molecule has 0 N–H and O–H groups in total. The highest BCUT2D eigenvalue weighted by Gasteiger charge is 2.36. The number of hydrogen-bond donors (Lipinski definition) is 0. The van der Waals surface area contributed by atoms with Gasteiger partial charge in [-0.2, -0.15) is 0 Å². The molecule has 4 nitrogen and oxygen atoms in total. The third-order valence-electron chi connectivity index (χ3n) is 3.33. The van der Waals surface area contributed by atoms with E-state index in [2.05, 4.69) is 15.9 Å². The zero-order valence-electron chi connectivity index (χ0n) is 12.9. The second-order valence-electron chi connectivity index (χ2n) is 6.25. The van der Waals surface area contributed by atoms with Crippen LogP contribution in [0.15, 0.2) is 28.7 Å². The average molecular weight is 356 g/mol. The zero-order chi connectivity index (χ0) is 15.6. The average Bonchev–Trinajstić information content (AvgIpc) is 2.38. The molecule has 0 aromatic heterocycles. The van der Waals surface area contributed by atoms with E-state index < -0.39 is 5.60 Å². The number of halogens is 1. The standard InChI is InChI=1S/C16H22BrNO3/c1-11-14(12-5-7-13(17)8-6-12)18(9-10-20-11)15(19)21-16(2,3)4/h5-8,11,14H,9-10H2,1-4H3/t11-,14+/m1/s1. The summed E-state index contributed by atoms with van der Waals surface area (Å²) in [6, 6.07) is 7.85. The Balaban J connectivity index is 2.25. The molecule has 5 heteroatoms. The minimum Gasteiger partial charge on any atom is -0.444 e. The SMILES string of the molecule is C[C@H]1OCCN(C(=O)OC(C)(C)C)[C@@H]1c1ccc(Br)cc1. The van der Waals surface area contributed by atoms with E-state index >= 15 is 0 Å². The molecular formula is C16H22BrNO3. The van der Waals surface area contributed by atoms with Crippen molar-refractivity contribution in [1.82, 2.24) is 4.90 Å². The number of morpholine rings is 1. The molecule has 116 valence electrons. The van der Waals surface area contributed by atoms with Crippen LogP contribution in [0.4, 0.5) is 4.79 Å². The highest BCUT2D eigenvalue weighted by atomic mass is 79.9. The predicted octanol–water partition coefficient (Wildman–Crippen LogP) is 4.15. The van der Waals surface area contributed by atoms with Gasteiger partial charge >= 0.3 is 6.09 Å². The Labute approximate surface area is 134 Å². The summed E-state index contributed by atoms with van der Waals surface area (Å²) in [6.45, 7) is 8.70. The molecule has 0 aliphatic carbocycles. The first kappa shape index (κ1) is 16.3. The molecule has 0 spiro atoms. The minimum absolute atomic E-state index is 0.0626. The van der Waals surface area contributed by atoms with Gasteiger partial charge in [0, 0.05) is 11.0 Å². The Bertz CT molecular complexity index is 495. The quantitative estimate of drug-likeness (QED) is 0.759. The van der Waals surface area contributed by atoms with Crippen LogP contribution < -0.4 is 0 Å². The van der Waals surface area contributed by atoms with E-state index in [9.17, 15) is 4.79 Å². The molecule has 1 fully saturated rings. The van der Waals surface area contributed by atoms with E-state index in [1.165, 1.54) is 0 Å². The molecule has 1 aliphatic rings. The summed E-state index contributed by atoms with van der Waals surface area (Å²) >= 11 is 3.43. The summed E-state index contributed by atoms with van der Waals surface area (Å²) < 4.78 is 12.3. The van der Waals surface area contributed by atoms with Crippen LogP contribution in [0.25, 0.3) is 0 Å². The maximum atomic E-state index is 12.4. The lowest BCUT2D eigenvalue weighted by Gasteiger charge is -2.40. The van der Waals surface area contributed by atoms with Crippen molar-refractivity contribution in [3.63, 3.8) is 0 Å². The number of rotatable bonds is 1. The van der Waals surface area contributed by atoms with Crippen molar-refractivity contribution in [3.8, 4) is 0 Å². The number of amides is 1. The maximum absolute atomic E-state index is 12.4. The number of hydrogen-bond acceptors (Lipinski definition) is 3. The number of nitrogens with zero attached hydrogens (tertiary/aromatic N) is 1. The fourth-order valence-corrected chi connectivity index (χ4v) is 2.72. The first-order valence-corrected chi connectivity index (χ1v) is 7.94. The van der Waals surface area contributed by atoms with Crippen LogP contribution in [0, 0.1) is 0 Å². The van der Waals surface area contributed by atoms with Crippen LogP contribution in [-0.4, -0.2) is 35.8 Å². The van der Waals surface area contributed by atoms with Gasteiger partial charge in [0.25, 0.3) is 0 Å². The van der Waals surface area contributed by atoms with Crippen LogP contribution in [0.5, 0.6) is 0 Å². The van der Waals surface area contributed by atoms with Gasteiger partial charge in [0.15, 0.2) is 0 Å². The van der Waals surface area contributed by atoms with Crippen LogP contribution in [-0.2, 0) is 9.47 Å². The molecule has 1 aromatic rings. The fraction of sp³-hybridized carbons (Fsp3) is 0.562. The monoisotopic (exact) mass is 355 g/mol. The van der Waals surface area contributed by atoms with Gasteiger partial charge in [0.2, 0.25) is 0 Å². The van der Waals surface area contributed by atoms with E-state index in [0.717, 1.165) is 10.0 Å². The highest BCUT2D eigenvalue weighted by molar-refractivity contribution is 9.10. The number of carbonyl (C=O) groups is 1. The molecule has 0 radical (unpaired) electrons. The molecule has 0 bridgehead atoms. The highest BCUT2D eigenvalue weighted by Crippen LogP contribution is 2.31. The molecule has 0 unspecified atom stereocenters. The summed E-state index contributed by atoms with van der Waals surface area (Å²) in [4.78, 5) is 14.2. The molecular weight excluding hydrogens is 334 g/mol. The Morgan fingerprint density at radius 2 is 1.95 bits per heavy atom. The third kappa shape index (κ3) is 4.20. The molecule has 1 heterocycles. The van der Waals surface area contributed by atoms with Crippen molar-refractivity contribution in [2.75, 3.05) is 13.2 Å². The summed E-state index contributed by atoms with van der Waals surface area (Å²) in [5.74, 6) is 0. The third-order valence-corrected chi connectivity index (χ3v) is 3.86. The Hall–Kier alpha value is -1.07. The van der Waals surface area contributed by atoms with Gasteiger partial charge < -0.3 is 9.47 Å². The first-order chi connectivity index (χ1) is 9.78. The Morgan fingerprint density at radius 3 is 2.52 bits per heavy atom. The number of benzene rings is 1. The van der Waals surface area contributed by atoms with Crippen LogP contribution in [0.3, 0.4) is 0 Å². The Morgan fingerprint density at radius 1 is 1.33 bits per heavy atom. The fourth-order valence-electron chi connectivity index (χ4n) is 2.46. The molecule has 1 aliphatic heterocycles. The second kappa shape index (κ2) is 6.36. The van der Waals surface area contributed by atoms with Crippen LogP contribution >= 0.6 is 15.9 Å². The van der Waals surface area contributed by atoms with Gasteiger partial charge in [-0.05, 0) is 45.4 Å². The van der Waals surface area contributed by atoms with Gasteiger partial charge in [0.05, 0.1) is 18.8 Å². The van der Waals surface area contributed by atoms with E-state index in [-0.39, 0.29) is 18.2 Å². The molecule has 1 aromatic carbocycles. The van der Waals surface area contributed by atoms with E-state index in [4.69, 9.17) is 9.47 Å². The van der Waals surface area contributed by atoms with Gasteiger partial charge in [-0.3, -0.25) is 4.90 Å². The maximum Gasteiger partial charge on any atom is 0.410 e. The van der Waals surface area contributed by atoms with E-state index in [0.29, 0.717) is 13.2 Å². The molecule has 2 atom stereocenters. The van der Waals surface area contributed by atoms with Crippen molar-refractivity contribution in [2.45, 2.75) is 45.4 Å². The van der Waals surface area contributed by atoms with Gasteiger partial charge in [-0.25, -0.2) is 4.79 Å². The first-order valence-electron chi connectivity index (χ1n) is 7.14. The summed E-state index contributed by atoms with van der Waals surface area (Å²) in [5, 5.41) is 0. The molecule has 2 rings (SSSR count). The van der Waals surface area contributed by atoms with E-state index in [1.54, 1.807) is 4.90 Å². The minimum atomic E-state index is -0.497. The van der Waals surface area contributed by atoms with Crippen LogP contribution in [0.2, 0.25) is 0 Å². The number of carbonyl (C=O) groups excluding carboxylic acids is 1. The molecule has 1 saturated heterocycles. The topological polar surface area (TPSA) is 38.8 Å². The van der Waals surface area contributed by atoms with Crippen molar-refractivity contribution in [1.29, 1.82) is 0 Å². The second-order valence-corrected chi connectivity index (χ2v) is 7.16. The van der Waals surface area contributed by atoms with Crippen molar-refractivity contribution >= 4 is 22.0 Å². The normalized spacial score (nSPS) is 23.0. The smallest absolute Gasteiger partial charge is 0.410 e. The Kier molecular flexibility index (Phi) is 4.94. The largest absolute Gasteiger partial charge is 0.444 e. The lowest BCUT2D eigenvalue weighted by atomic mass is 9.99. The summed E-state index contributed by atoms with van der Waals surface area (Å²) in [6.07, 6.45) is -0.349. The summed E-state index contributed by atoms with van der Waals surface area (Å²) in [7, 11) is 0. The van der Waals surface area contributed by atoms with Crippen molar-refractivity contribution in [3.05, 3.63) is 34.3 Å². The number of ether oxygens (including phenoxy) is 2. The summed E-state index contributed by atoms with van der Waals surface area (Å²) in [5.41, 5.74) is 0.555. The molecule has 1 amide bonds. The van der Waals surface area contributed by atoms with Crippen LogP contribution in [0.1, 0.15) is 39.3 Å². The lowest BCUT2D eigenvalue weighted by Crippen LogP contribution is -2.48.